The van der Waals surface area contributed by atoms with E-state index in [-0.39, 0.29) is 0 Å². The first-order valence-electron chi connectivity index (χ1n) is 9.24. The van der Waals surface area contributed by atoms with Crippen LogP contribution in [0, 0.1) is 5.92 Å². The molecule has 0 fully saturated rings. The molecule has 2 atom stereocenters. The van der Waals surface area contributed by atoms with E-state index in [9.17, 15) is 0 Å². The van der Waals surface area contributed by atoms with Crippen LogP contribution in [-0.2, 0) is 0 Å². The maximum atomic E-state index is 5.14. The summed E-state index contributed by atoms with van der Waals surface area (Å²) < 4.78 is 0. The van der Waals surface area contributed by atoms with Gasteiger partial charge >= 0.3 is 0 Å². The smallest absolute Gasteiger partial charge is 0.117 e. The van der Waals surface area contributed by atoms with Crippen LogP contribution in [-0.4, -0.2) is 18.4 Å². The van der Waals surface area contributed by atoms with E-state index in [4.69, 9.17) is 4.99 Å². The predicted octanol–water partition coefficient (Wildman–Crippen LogP) is 4.88. The summed E-state index contributed by atoms with van der Waals surface area (Å²) in [6.45, 7) is 12.1. The van der Waals surface area contributed by atoms with Gasteiger partial charge in [-0.1, -0.05) is 45.0 Å². The molecule has 1 N–H and O–H groups in total. The molecular weight excluding hydrogens is 294 g/mol. The lowest BCUT2D eigenvalue weighted by atomic mass is 9.91. The Hall–Kier alpha value is -1.87. The van der Waals surface area contributed by atoms with Crippen LogP contribution in [0.3, 0.4) is 0 Å². The molecule has 3 heteroatoms. The zero-order valence-corrected chi connectivity index (χ0v) is 15.2. The lowest BCUT2D eigenvalue weighted by molar-refractivity contribution is 0.530. The van der Waals surface area contributed by atoms with Crippen molar-refractivity contribution in [1.82, 2.24) is 5.32 Å². The molecule has 3 rings (SSSR count). The van der Waals surface area contributed by atoms with Crippen LogP contribution in [0.15, 0.2) is 58.9 Å². The van der Waals surface area contributed by atoms with Crippen molar-refractivity contribution in [3.05, 3.63) is 53.9 Å². The van der Waals surface area contributed by atoms with E-state index in [1.54, 1.807) is 0 Å². The van der Waals surface area contributed by atoms with Gasteiger partial charge in [0.15, 0.2) is 0 Å². The first-order valence-corrected chi connectivity index (χ1v) is 9.24. The highest BCUT2D eigenvalue weighted by Gasteiger charge is 2.32. The highest BCUT2D eigenvalue weighted by Crippen LogP contribution is 2.36. The summed E-state index contributed by atoms with van der Waals surface area (Å²) in [4.78, 5) is 7.44. The van der Waals surface area contributed by atoms with Gasteiger partial charge in [0.25, 0.3) is 0 Å². The third-order valence-corrected chi connectivity index (χ3v) is 5.08. The van der Waals surface area contributed by atoms with Gasteiger partial charge in [-0.05, 0) is 38.3 Å². The third kappa shape index (κ3) is 3.18. The van der Waals surface area contributed by atoms with Crippen molar-refractivity contribution in [1.29, 1.82) is 0 Å². The SMILES string of the molecule is C=C1C2=C(CNC(C)C2)N=C(C(CC)CCC)N1c1ccccc1. The highest BCUT2D eigenvalue weighted by molar-refractivity contribution is 6.04. The molecule has 1 aromatic carbocycles. The Morgan fingerprint density at radius 3 is 2.71 bits per heavy atom. The summed E-state index contributed by atoms with van der Waals surface area (Å²) in [6.07, 6.45) is 4.45. The number of nitrogens with zero attached hydrogens (tertiary/aromatic N) is 2. The first-order chi connectivity index (χ1) is 11.7. The highest BCUT2D eigenvalue weighted by atomic mass is 15.2. The molecule has 0 aliphatic carbocycles. The first kappa shape index (κ1) is 17.0. The third-order valence-electron chi connectivity index (χ3n) is 5.08. The molecule has 0 radical (unpaired) electrons. The van der Waals surface area contributed by atoms with Crippen molar-refractivity contribution in [2.75, 3.05) is 11.4 Å². The lowest BCUT2D eigenvalue weighted by Gasteiger charge is -2.39. The van der Waals surface area contributed by atoms with Gasteiger partial charge < -0.3 is 5.32 Å². The number of para-hydroxylation sites is 1. The standard InChI is InChI=1S/C21H29N3/c1-5-10-17(6-2)21-23-20-14-22-15(3)13-19(20)16(4)24(21)18-11-8-7-9-12-18/h7-9,11-12,15,17,22H,4-6,10,13-14H2,1-3H3. The van der Waals surface area contributed by atoms with E-state index in [0.29, 0.717) is 12.0 Å². The van der Waals surface area contributed by atoms with Crippen molar-refractivity contribution in [3.63, 3.8) is 0 Å². The zero-order chi connectivity index (χ0) is 17.1. The van der Waals surface area contributed by atoms with Crippen molar-refractivity contribution in [2.24, 2.45) is 10.9 Å². The van der Waals surface area contributed by atoms with Gasteiger partial charge in [-0.25, -0.2) is 4.99 Å². The van der Waals surface area contributed by atoms with E-state index in [1.807, 2.05) is 0 Å². The zero-order valence-electron chi connectivity index (χ0n) is 15.2. The van der Waals surface area contributed by atoms with E-state index < -0.39 is 0 Å². The van der Waals surface area contributed by atoms with Crippen molar-refractivity contribution in [2.45, 2.75) is 52.5 Å². The monoisotopic (exact) mass is 323 g/mol. The molecule has 128 valence electrons. The Labute approximate surface area is 146 Å². The van der Waals surface area contributed by atoms with Gasteiger partial charge in [-0.2, -0.15) is 0 Å². The fourth-order valence-electron chi connectivity index (χ4n) is 3.73. The second-order valence-electron chi connectivity index (χ2n) is 6.89. The van der Waals surface area contributed by atoms with Crippen molar-refractivity contribution < 1.29 is 0 Å². The molecule has 0 bridgehead atoms. The van der Waals surface area contributed by atoms with E-state index in [2.05, 4.69) is 67.9 Å². The Kier molecular flexibility index (Phi) is 5.20. The second kappa shape index (κ2) is 7.35. The average Bonchev–Trinajstić information content (AvgIpc) is 2.61. The molecule has 1 aromatic rings. The van der Waals surface area contributed by atoms with Crippen molar-refractivity contribution in [3.8, 4) is 0 Å². The average molecular weight is 323 g/mol. The van der Waals surface area contributed by atoms with Crippen LogP contribution < -0.4 is 10.2 Å². The molecule has 2 heterocycles. The Morgan fingerprint density at radius 1 is 1.29 bits per heavy atom. The quantitative estimate of drug-likeness (QED) is 0.836. The lowest BCUT2D eigenvalue weighted by Crippen LogP contribution is -2.43. The van der Waals surface area contributed by atoms with Crippen molar-refractivity contribution >= 4 is 11.5 Å². The van der Waals surface area contributed by atoms with Crippen LogP contribution in [0.4, 0.5) is 5.69 Å². The van der Waals surface area contributed by atoms with Crippen LogP contribution in [0.25, 0.3) is 0 Å². The van der Waals surface area contributed by atoms with Gasteiger partial charge in [0.1, 0.15) is 5.84 Å². The maximum absolute atomic E-state index is 5.14. The summed E-state index contributed by atoms with van der Waals surface area (Å²) in [6, 6.07) is 11.1. The second-order valence-corrected chi connectivity index (χ2v) is 6.89. The topological polar surface area (TPSA) is 27.6 Å². The summed E-state index contributed by atoms with van der Waals surface area (Å²) in [5, 5.41) is 3.54. The number of allylic oxidation sites excluding steroid dienone is 1. The summed E-state index contributed by atoms with van der Waals surface area (Å²) in [5.41, 5.74) is 4.80. The van der Waals surface area contributed by atoms with Crippen LogP contribution in [0.2, 0.25) is 0 Å². The molecular formula is C21H29N3. The summed E-state index contributed by atoms with van der Waals surface area (Å²) in [7, 11) is 0. The van der Waals surface area contributed by atoms with E-state index in [0.717, 1.165) is 25.1 Å². The number of anilines is 1. The molecule has 24 heavy (non-hydrogen) atoms. The van der Waals surface area contributed by atoms with Gasteiger partial charge in [-0.3, -0.25) is 4.90 Å². The minimum Gasteiger partial charge on any atom is -0.308 e. The number of rotatable bonds is 5. The largest absolute Gasteiger partial charge is 0.308 e. The summed E-state index contributed by atoms with van der Waals surface area (Å²) >= 11 is 0. The van der Waals surface area contributed by atoms with Gasteiger partial charge in [-0.15, -0.1) is 0 Å². The molecule has 0 saturated carbocycles. The minimum absolute atomic E-state index is 0.473. The van der Waals surface area contributed by atoms with Crippen LogP contribution in [0.1, 0.15) is 46.5 Å². The van der Waals surface area contributed by atoms with Gasteiger partial charge in [0.2, 0.25) is 0 Å². The fourth-order valence-corrected chi connectivity index (χ4v) is 3.73. The Balaban J connectivity index is 2.07. The van der Waals surface area contributed by atoms with Gasteiger partial charge in [0, 0.05) is 35.5 Å². The Bertz CT molecular complexity index is 657. The maximum Gasteiger partial charge on any atom is 0.117 e. The molecule has 0 amide bonds. The summed E-state index contributed by atoms with van der Waals surface area (Å²) in [5.74, 6) is 1.64. The van der Waals surface area contributed by atoms with Crippen LogP contribution in [0.5, 0.6) is 0 Å². The van der Waals surface area contributed by atoms with E-state index >= 15 is 0 Å². The van der Waals surface area contributed by atoms with Crippen LogP contribution >= 0.6 is 0 Å². The Morgan fingerprint density at radius 2 is 2.04 bits per heavy atom. The fraction of sp³-hybridized carbons (Fsp3) is 0.476. The number of hydrogen-bond acceptors (Lipinski definition) is 3. The van der Waals surface area contributed by atoms with E-state index in [1.165, 1.54) is 35.6 Å². The molecule has 0 saturated heterocycles. The predicted molar refractivity (Wildman–Crippen MR) is 103 cm³/mol. The molecule has 2 aliphatic heterocycles. The number of benzene rings is 1. The molecule has 0 spiro atoms. The molecule has 0 aromatic heterocycles. The molecule has 3 nitrogen and oxygen atoms in total. The normalized spacial score (nSPS) is 22.3. The molecule has 2 aliphatic rings. The minimum atomic E-state index is 0.473. The molecule has 2 unspecified atom stereocenters. The number of aliphatic imine (C=N–C) groups is 1. The number of hydrogen-bond donors (Lipinski definition) is 1. The van der Waals surface area contributed by atoms with Gasteiger partial charge in [0.05, 0.1) is 5.70 Å². The number of nitrogens with one attached hydrogen (secondary N) is 1. The number of amidine groups is 1.